The first-order chi connectivity index (χ1) is 7.07. The predicted molar refractivity (Wildman–Crippen MR) is 75.8 cm³/mol. The first-order valence-electron chi connectivity index (χ1n) is 5.95. The van der Waals surface area contributed by atoms with Gasteiger partial charge in [-0.25, -0.2) is 0 Å². The van der Waals surface area contributed by atoms with Crippen LogP contribution in [0.1, 0.15) is 34.1 Å². The molecule has 1 unspecified atom stereocenters. The Kier molecular flexibility index (Phi) is 10.3. The average Bonchev–Trinajstić information content (AvgIpc) is 2.15. The minimum absolute atomic E-state index is 0.624. The van der Waals surface area contributed by atoms with Crippen molar-refractivity contribution in [2.24, 2.45) is 11.8 Å². The van der Waals surface area contributed by atoms with E-state index in [9.17, 15) is 0 Å². The molecule has 2 nitrogen and oxygen atoms in total. The highest BCUT2D eigenvalue weighted by Gasteiger charge is 2.09. The second kappa shape index (κ2) is 9.85. The summed E-state index contributed by atoms with van der Waals surface area (Å²) in [5.74, 6) is 1.45. The molecule has 0 fully saturated rings. The van der Waals surface area contributed by atoms with Gasteiger partial charge in [-0.1, -0.05) is 50.3 Å². The summed E-state index contributed by atoms with van der Waals surface area (Å²) in [4.78, 5) is 0. The van der Waals surface area contributed by atoms with Gasteiger partial charge in [0.1, 0.15) is 0 Å². The minimum Gasteiger partial charge on any atom is -0.380 e. The molecule has 0 bridgehead atoms. The molecule has 0 rings (SSSR count). The second-order valence-corrected chi connectivity index (χ2v) is 5.63. The zero-order valence-corrected chi connectivity index (χ0v) is 12.7. The smallest absolute Gasteiger partial charge is 0.0591 e. The Hall–Kier alpha value is 0.650. The van der Waals surface area contributed by atoms with E-state index in [4.69, 9.17) is 4.74 Å². The van der Waals surface area contributed by atoms with E-state index < -0.39 is 0 Å². The fourth-order valence-electron chi connectivity index (χ4n) is 1.21. The topological polar surface area (TPSA) is 21.3 Å². The molecule has 0 aromatic rings. The summed E-state index contributed by atoms with van der Waals surface area (Å²) in [5.41, 5.74) is 0. The predicted octanol–water partition coefficient (Wildman–Crippen LogP) is 3.10. The molecule has 0 aliphatic heterocycles. The lowest BCUT2D eigenvalue weighted by atomic mass is 10.1. The lowest BCUT2D eigenvalue weighted by Gasteiger charge is -2.19. The monoisotopic (exact) mass is 327 g/mol. The van der Waals surface area contributed by atoms with Gasteiger partial charge < -0.3 is 10.1 Å². The molecule has 0 spiro atoms. The van der Waals surface area contributed by atoms with Gasteiger partial charge >= 0.3 is 0 Å². The number of ether oxygens (including phenoxy) is 1. The van der Waals surface area contributed by atoms with Crippen molar-refractivity contribution in [2.75, 3.05) is 24.2 Å². The van der Waals surface area contributed by atoms with Crippen LogP contribution >= 0.6 is 22.6 Å². The summed E-state index contributed by atoms with van der Waals surface area (Å²) in [6, 6.07) is 0.624. The maximum atomic E-state index is 5.55. The van der Waals surface area contributed by atoms with Gasteiger partial charge in [0, 0.05) is 23.6 Å². The fourth-order valence-corrected chi connectivity index (χ4v) is 2.53. The number of rotatable bonds is 9. The third-order valence-electron chi connectivity index (χ3n) is 2.46. The molecule has 0 heterocycles. The van der Waals surface area contributed by atoms with Crippen molar-refractivity contribution < 1.29 is 4.74 Å². The van der Waals surface area contributed by atoms with Gasteiger partial charge in [0.05, 0.1) is 6.61 Å². The van der Waals surface area contributed by atoms with Crippen LogP contribution < -0.4 is 5.32 Å². The Labute approximate surface area is 109 Å². The summed E-state index contributed by atoms with van der Waals surface area (Å²) in [5, 5.41) is 3.52. The third-order valence-corrected chi connectivity index (χ3v) is 3.41. The highest BCUT2D eigenvalue weighted by Crippen LogP contribution is 2.04. The molecule has 92 valence electrons. The second-order valence-electron chi connectivity index (χ2n) is 4.75. The normalized spacial score (nSPS) is 13.8. The Morgan fingerprint density at radius 1 is 1.13 bits per heavy atom. The Morgan fingerprint density at radius 2 is 1.80 bits per heavy atom. The fraction of sp³-hybridized carbons (Fsp3) is 1.00. The SMILES string of the molecule is CC(C)CCOCCNC(CI)C(C)C. The lowest BCUT2D eigenvalue weighted by molar-refractivity contribution is 0.122. The van der Waals surface area contributed by atoms with Gasteiger partial charge in [0.2, 0.25) is 0 Å². The number of hydrogen-bond acceptors (Lipinski definition) is 2. The molecule has 0 aromatic carbocycles. The first kappa shape index (κ1) is 15.7. The molecular formula is C12H26INO. The molecule has 0 aliphatic rings. The van der Waals surface area contributed by atoms with E-state index in [1.165, 1.54) is 10.8 Å². The summed E-state index contributed by atoms with van der Waals surface area (Å²) in [6.07, 6.45) is 1.17. The van der Waals surface area contributed by atoms with Gasteiger partial charge in [0.25, 0.3) is 0 Å². The van der Waals surface area contributed by atoms with Crippen LogP contribution in [0.3, 0.4) is 0 Å². The van der Waals surface area contributed by atoms with E-state index in [1.807, 2.05) is 0 Å². The van der Waals surface area contributed by atoms with Crippen LogP contribution in [0, 0.1) is 11.8 Å². The first-order valence-corrected chi connectivity index (χ1v) is 7.47. The molecule has 0 radical (unpaired) electrons. The van der Waals surface area contributed by atoms with E-state index in [-0.39, 0.29) is 0 Å². The molecule has 0 amide bonds. The molecule has 0 saturated carbocycles. The van der Waals surface area contributed by atoms with Crippen molar-refractivity contribution >= 4 is 22.6 Å². The molecule has 15 heavy (non-hydrogen) atoms. The van der Waals surface area contributed by atoms with Crippen molar-refractivity contribution in [1.29, 1.82) is 0 Å². The summed E-state index contributed by atoms with van der Waals surface area (Å²) < 4.78 is 6.72. The molecule has 1 N–H and O–H groups in total. The quantitative estimate of drug-likeness (QED) is 0.399. The zero-order chi connectivity index (χ0) is 11.7. The van der Waals surface area contributed by atoms with E-state index in [0.29, 0.717) is 12.0 Å². The Balaban J connectivity index is 3.29. The lowest BCUT2D eigenvalue weighted by Crippen LogP contribution is -2.37. The minimum atomic E-state index is 0.624. The van der Waals surface area contributed by atoms with Crippen LogP contribution in [0.4, 0.5) is 0 Å². The Bertz CT molecular complexity index is 140. The van der Waals surface area contributed by atoms with Crippen molar-refractivity contribution in [3.05, 3.63) is 0 Å². The third kappa shape index (κ3) is 9.57. The zero-order valence-electron chi connectivity index (χ0n) is 10.6. The van der Waals surface area contributed by atoms with Crippen LogP contribution in [-0.2, 0) is 4.74 Å². The Morgan fingerprint density at radius 3 is 2.27 bits per heavy atom. The summed E-state index contributed by atoms with van der Waals surface area (Å²) >= 11 is 2.44. The van der Waals surface area contributed by atoms with Gasteiger partial charge in [-0.05, 0) is 18.3 Å². The molecular weight excluding hydrogens is 301 g/mol. The van der Waals surface area contributed by atoms with Gasteiger partial charge in [-0.3, -0.25) is 0 Å². The average molecular weight is 327 g/mol. The maximum Gasteiger partial charge on any atom is 0.0591 e. The largest absolute Gasteiger partial charge is 0.380 e. The van der Waals surface area contributed by atoms with Crippen LogP contribution in [-0.4, -0.2) is 30.2 Å². The molecule has 3 heteroatoms. The molecule has 0 aromatic heterocycles. The van der Waals surface area contributed by atoms with E-state index in [0.717, 1.165) is 25.7 Å². The van der Waals surface area contributed by atoms with Gasteiger partial charge in [-0.2, -0.15) is 0 Å². The number of alkyl halides is 1. The highest BCUT2D eigenvalue weighted by molar-refractivity contribution is 14.1. The van der Waals surface area contributed by atoms with E-state index >= 15 is 0 Å². The molecule has 0 saturated heterocycles. The van der Waals surface area contributed by atoms with Crippen LogP contribution in [0.25, 0.3) is 0 Å². The van der Waals surface area contributed by atoms with E-state index in [1.54, 1.807) is 0 Å². The van der Waals surface area contributed by atoms with Crippen molar-refractivity contribution in [3.8, 4) is 0 Å². The van der Waals surface area contributed by atoms with E-state index in [2.05, 4.69) is 55.6 Å². The molecule has 0 aliphatic carbocycles. The van der Waals surface area contributed by atoms with Crippen LogP contribution in [0.5, 0.6) is 0 Å². The van der Waals surface area contributed by atoms with Crippen LogP contribution in [0.15, 0.2) is 0 Å². The van der Waals surface area contributed by atoms with Crippen molar-refractivity contribution in [3.63, 3.8) is 0 Å². The van der Waals surface area contributed by atoms with Crippen molar-refractivity contribution in [2.45, 2.75) is 40.2 Å². The highest BCUT2D eigenvalue weighted by atomic mass is 127. The number of hydrogen-bond donors (Lipinski definition) is 1. The summed E-state index contributed by atoms with van der Waals surface area (Å²) in [6.45, 7) is 11.7. The summed E-state index contributed by atoms with van der Waals surface area (Å²) in [7, 11) is 0. The molecule has 1 atom stereocenters. The number of nitrogens with one attached hydrogen (secondary N) is 1. The van der Waals surface area contributed by atoms with Gasteiger partial charge in [-0.15, -0.1) is 0 Å². The van der Waals surface area contributed by atoms with Crippen LogP contribution in [0.2, 0.25) is 0 Å². The maximum absolute atomic E-state index is 5.55. The van der Waals surface area contributed by atoms with Gasteiger partial charge in [0.15, 0.2) is 0 Å². The standard InChI is InChI=1S/C12H26INO/c1-10(2)5-7-15-8-6-14-12(9-13)11(3)4/h10-12,14H,5-9H2,1-4H3. The van der Waals surface area contributed by atoms with Crippen molar-refractivity contribution in [1.82, 2.24) is 5.32 Å². The number of halogens is 1.